The standard InChI is InChI=1S/C48H46N4O4/c1-5-48(6-2,45-51-40-28-16-10-8-14-26(28)22-36(40)55-45)46-52-42-32-20-12-18-30(34(32)24-38(42)56-46)29-17-11-19-31-33(29)23-37-41(31)50-44(54-37)47(3,4)43-49-39-27-15-9-7-13-25(27)21-35(39)53-43/h7-20,35-42H,5-6,21-24H2,1-4H3/t35-,36+,37-,38+,39+,40-,41+,42-/m1/s1. The van der Waals surface area contributed by atoms with E-state index in [1.54, 1.807) is 0 Å². The summed E-state index contributed by atoms with van der Waals surface area (Å²) < 4.78 is 26.9. The predicted molar refractivity (Wildman–Crippen MR) is 217 cm³/mol. The second-order valence-electron chi connectivity index (χ2n) is 17.5. The molecule has 4 aromatic carbocycles. The van der Waals surface area contributed by atoms with Crippen LogP contribution in [-0.2, 0) is 44.6 Å². The van der Waals surface area contributed by atoms with Crippen LogP contribution in [0.5, 0.6) is 0 Å². The van der Waals surface area contributed by atoms with Crippen LogP contribution in [0.15, 0.2) is 105 Å². The van der Waals surface area contributed by atoms with Gasteiger partial charge in [0.15, 0.2) is 23.6 Å². The van der Waals surface area contributed by atoms with E-state index in [-0.39, 0.29) is 48.6 Å². The first-order valence-corrected chi connectivity index (χ1v) is 20.7. The van der Waals surface area contributed by atoms with Crippen LogP contribution in [-0.4, -0.2) is 48.0 Å². The molecule has 4 aliphatic heterocycles. The van der Waals surface area contributed by atoms with E-state index in [9.17, 15) is 0 Å². The van der Waals surface area contributed by atoms with E-state index < -0.39 is 10.8 Å². The van der Waals surface area contributed by atoms with E-state index >= 15 is 0 Å². The Kier molecular flexibility index (Phi) is 6.86. The Hall–Kier alpha value is -5.24. The van der Waals surface area contributed by atoms with Crippen molar-refractivity contribution in [1.82, 2.24) is 0 Å². The second-order valence-corrected chi connectivity index (χ2v) is 17.5. The minimum Gasteiger partial charge on any atom is -0.474 e. The van der Waals surface area contributed by atoms with Crippen LogP contribution < -0.4 is 0 Å². The molecule has 4 heterocycles. The number of nitrogens with zero attached hydrogens (tertiary/aromatic N) is 4. The van der Waals surface area contributed by atoms with Crippen molar-refractivity contribution in [2.24, 2.45) is 30.8 Å². The van der Waals surface area contributed by atoms with Gasteiger partial charge in [-0.05, 0) is 82.3 Å². The van der Waals surface area contributed by atoms with E-state index in [1.807, 2.05) is 0 Å². The maximum atomic E-state index is 6.92. The highest BCUT2D eigenvalue weighted by Crippen LogP contribution is 2.53. The van der Waals surface area contributed by atoms with Crippen molar-refractivity contribution in [2.45, 2.75) is 115 Å². The predicted octanol–water partition coefficient (Wildman–Crippen LogP) is 9.16. The summed E-state index contributed by atoms with van der Waals surface area (Å²) in [6.45, 7) is 8.71. The van der Waals surface area contributed by atoms with Crippen molar-refractivity contribution in [1.29, 1.82) is 0 Å². The van der Waals surface area contributed by atoms with Gasteiger partial charge in [-0.1, -0.05) is 98.8 Å². The third-order valence-corrected chi connectivity index (χ3v) is 14.3. The maximum absolute atomic E-state index is 6.92. The number of hydrogen-bond acceptors (Lipinski definition) is 8. The highest BCUT2D eigenvalue weighted by Gasteiger charge is 2.54. The van der Waals surface area contributed by atoms with E-state index in [4.69, 9.17) is 38.9 Å². The quantitative estimate of drug-likeness (QED) is 0.189. The summed E-state index contributed by atoms with van der Waals surface area (Å²) in [6.07, 6.45) is 5.10. The molecule has 0 bridgehead atoms. The van der Waals surface area contributed by atoms with Crippen molar-refractivity contribution in [3.8, 4) is 11.1 Å². The molecule has 4 aromatic rings. The van der Waals surface area contributed by atoms with Gasteiger partial charge >= 0.3 is 0 Å². The Morgan fingerprint density at radius 3 is 1.30 bits per heavy atom. The molecule has 12 rings (SSSR count). The summed E-state index contributed by atoms with van der Waals surface area (Å²) in [6, 6.07) is 30.6. The lowest BCUT2D eigenvalue weighted by atomic mass is 9.81. The van der Waals surface area contributed by atoms with Crippen molar-refractivity contribution in [2.75, 3.05) is 0 Å². The SMILES string of the molecule is CCC(CC)(C1=N[C@@H]2c3ccccc3C[C@@H]2O1)C1=N[C@@H]2c3cccc(-c4cccc5c4C[C@H]4OC(C(C)(C)C6=N[C@H]7c8ccccc8C[C@H]7O6)=N[C@@H]54)c3C[C@@H]2O1. The zero-order valence-corrected chi connectivity index (χ0v) is 32.4. The molecule has 0 unspecified atom stereocenters. The molecule has 56 heavy (non-hydrogen) atoms. The van der Waals surface area contributed by atoms with E-state index in [0.717, 1.165) is 62.1 Å². The fourth-order valence-electron chi connectivity index (χ4n) is 11.2. The maximum Gasteiger partial charge on any atom is 0.200 e. The molecule has 8 atom stereocenters. The summed E-state index contributed by atoms with van der Waals surface area (Å²) in [5, 5.41) is 0. The lowest BCUT2D eigenvalue weighted by molar-refractivity contribution is 0.160. The topological polar surface area (TPSA) is 86.4 Å². The van der Waals surface area contributed by atoms with Gasteiger partial charge in [-0.15, -0.1) is 0 Å². The summed E-state index contributed by atoms with van der Waals surface area (Å²) in [7, 11) is 0. The molecule has 0 saturated heterocycles. The van der Waals surface area contributed by atoms with Crippen molar-refractivity contribution in [3.63, 3.8) is 0 Å². The summed E-state index contributed by atoms with van der Waals surface area (Å²) in [5.41, 5.74) is 12.0. The second kappa shape index (κ2) is 11.7. The number of aliphatic imine (C=N–C) groups is 4. The molecule has 8 aliphatic rings. The molecular formula is C48H46N4O4. The molecule has 0 amide bonds. The molecule has 8 heteroatoms. The van der Waals surface area contributed by atoms with Crippen molar-refractivity contribution < 1.29 is 18.9 Å². The van der Waals surface area contributed by atoms with E-state index in [0.29, 0.717) is 0 Å². The van der Waals surface area contributed by atoms with Gasteiger partial charge in [0, 0.05) is 25.7 Å². The number of hydrogen-bond donors (Lipinski definition) is 0. The van der Waals surface area contributed by atoms with Gasteiger partial charge in [0.25, 0.3) is 0 Å². The smallest absolute Gasteiger partial charge is 0.200 e. The molecule has 4 aliphatic carbocycles. The fraction of sp³-hybridized carbons (Fsp3) is 0.417. The lowest BCUT2D eigenvalue weighted by Gasteiger charge is -2.31. The van der Waals surface area contributed by atoms with Gasteiger partial charge in [-0.2, -0.15) is 0 Å². The van der Waals surface area contributed by atoms with Crippen LogP contribution in [0.4, 0.5) is 0 Å². The third-order valence-electron chi connectivity index (χ3n) is 14.3. The van der Waals surface area contributed by atoms with E-state index in [1.165, 1.54) is 55.6 Å². The highest BCUT2D eigenvalue weighted by molar-refractivity contribution is 6.07. The van der Waals surface area contributed by atoms with Crippen LogP contribution >= 0.6 is 0 Å². The van der Waals surface area contributed by atoms with Gasteiger partial charge in [0.2, 0.25) is 0 Å². The molecule has 0 spiro atoms. The monoisotopic (exact) mass is 742 g/mol. The Morgan fingerprint density at radius 1 is 0.464 bits per heavy atom. The van der Waals surface area contributed by atoms with Gasteiger partial charge in [0.05, 0.1) is 0 Å². The number of fused-ring (bicyclic) bond motifs is 12. The molecule has 8 nitrogen and oxygen atoms in total. The number of benzene rings is 4. The van der Waals surface area contributed by atoms with Gasteiger partial charge in [-0.25, -0.2) is 20.0 Å². The average Bonchev–Trinajstić information content (AvgIpc) is 4.06. The van der Waals surface area contributed by atoms with Crippen LogP contribution in [0.3, 0.4) is 0 Å². The lowest BCUT2D eigenvalue weighted by Crippen LogP contribution is -2.40. The minimum absolute atomic E-state index is 0.0385. The van der Waals surface area contributed by atoms with Crippen LogP contribution in [0.1, 0.15) is 109 Å². The zero-order chi connectivity index (χ0) is 37.5. The van der Waals surface area contributed by atoms with Crippen LogP contribution in [0.2, 0.25) is 0 Å². The Bertz CT molecular complexity index is 2480. The first kappa shape index (κ1) is 33.0. The number of rotatable bonds is 7. The average molecular weight is 743 g/mol. The van der Waals surface area contributed by atoms with Crippen LogP contribution in [0.25, 0.3) is 11.1 Å². The summed E-state index contributed by atoms with van der Waals surface area (Å²) in [5.74, 6) is 3.07. The van der Waals surface area contributed by atoms with Crippen molar-refractivity contribution >= 4 is 23.6 Å². The molecular weight excluding hydrogens is 697 g/mol. The van der Waals surface area contributed by atoms with Gasteiger partial charge in [0.1, 0.15) is 59.4 Å². The van der Waals surface area contributed by atoms with Gasteiger partial charge in [-0.3, -0.25) is 0 Å². The molecule has 0 fully saturated rings. The zero-order valence-electron chi connectivity index (χ0n) is 32.4. The molecule has 0 radical (unpaired) electrons. The largest absolute Gasteiger partial charge is 0.474 e. The molecule has 282 valence electrons. The first-order chi connectivity index (χ1) is 27.3. The summed E-state index contributed by atoms with van der Waals surface area (Å²) in [4.78, 5) is 21.1. The Balaban J connectivity index is 0.829. The van der Waals surface area contributed by atoms with Gasteiger partial charge < -0.3 is 18.9 Å². The van der Waals surface area contributed by atoms with E-state index in [2.05, 4.69) is 113 Å². The highest BCUT2D eigenvalue weighted by atomic mass is 16.5. The van der Waals surface area contributed by atoms with Crippen molar-refractivity contribution in [3.05, 3.63) is 129 Å². The summed E-state index contributed by atoms with van der Waals surface area (Å²) >= 11 is 0. The Labute approximate surface area is 327 Å². The first-order valence-electron chi connectivity index (χ1n) is 20.7. The molecule has 0 N–H and O–H groups in total. The third kappa shape index (κ3) is 4.41. The number of ether oxygens (including phenoxy) is 4. The molecule has 0 aromatic heterocycles. The fourth-order valence-corrected chi connectivity index (χ4v) is 11.2. The minimum atomic E-state index is -0.549. The van der Waals surface area contributed by atoms with Crippen LogP contribution in [0, 0.1) is 10.8 Å². The normalized spacial score (nSPS) is 29.6. The molecule has 0 saturated carbocycles. The Morgan fingerprint density at radius 2 is 0.839 bits per heavy atom.